The maximum atomic E-state index is 12.4. The molecule has 1 heterocycles. The van der Waals surface area contributed by atoms with Crippen molar-refractivity contribution in [2.75, 3.05) is 0 Å². The predicted molar refractivity (Wildman–Crippen MR) is 95.7 cm³/mol. The molecule has 2 aromatic rings. The summed E-state index contributed by atoms with van der Waals surface area (Å²) in [6.45, 7) is 9.76. The van der Waals surface area contributed by atoms with Gasteiger partial charge in [0.25, 0.3) is 5.56 Å². The van der Waals surface area contributed by atoms with E-state index < -0.39 is 10.0 Å². The van der Waals surface area contributed by atoms with Crippen LogP contribution in [0, 0.1) is 13.8 Å². The molecular formula is C18H24N2O3S. The van der Waals surface area contributed by atoms with E-state index in [2.05, 4.69) is 30.5 Å². The van der Waals surface area contributed by atoms with Crippen molar-refractivity contribution in [3.63, 3.8) is 0 Å². The van der Waals surface area contributed by atoms with Crippen LogP contribution in [0.3, 0.4) is 0 Å². The van der Waals surface area contributed by atoms with Gasteiger partial charge < -0.3 is 4.98 Å². The van der Waals surface area contributed by atoms with Gasteiger partial charge in [-0.2, -0.15) is 0 Å². The van der Waals surface area contributed by atoms with Gasteiger partial charge in [-0.05, 0) is 48.6 Å². The first-order valence-corrected chi connectivity index (χ1v) is 9.28. The number of pyridine rings is 1. The fourth-order valence-electron chi connectivity index (χ4n) is 2.49. The van der Waals surface area contributed by atoms with E-state index in [1.165, 1.54) is 0 Å². The predicted octanol–water partition coefficient (Wildman–Crippen LogP) is 2.77. The molecule has 24 heavy (non-hydrogen) atoms. The minimum absolute atomic E-state index is 0.0369. The zero-order chi connectivity index (χ0) is 18.1. The molecule has 1 aromatic heterocycles. The number of rotatable bonds is 4. The van der Waals surface area contributed by atoms with Crippen molar-refractivity contribution >= 4 is 10.0 Å². The van der Waals surface area contributed by atoms with E-state index in [1.54, 1.807) is 26.0 Å². The Hall–Kier alpha value is -1.92. The highest BCUT2D eigenvalue weighted by Crippen LogP contribution is 2.23. The third-order valence-corrected chi connectivity index (χ3v) is 5.38. The van der Waals surface area contributed by atoms with E-state index >= 15 is 0 Å². The molecule has 0 saturated heterocycles. The second kappa shape index (κ2) is 6.53. The van der Waals surface area contributed by atoms with Crippen LogP contribution in [-0.2, 0) is 22.0 Å². The van der Waals surface area contributed by atoms with Crippen LogP contribution in [0.4, 0.5) is 0 Å². The summed E-state index contributed by atoms with van der Waals surface area (Å²) in [6.07, 6.45) is 0. The molecule has 0 radical (unpaired) electrons. The third kappa shape index (κ3) is 4.13. The zero-order valence-electron chi connectivity index (χ0n) is 14.7. The summed E-state index contributed by atoms with van der Waals surface area (Å²) >= 11 is 0. The summed E-state index contributed by atoms with van der Waals surface area (Å²) in [6, 6.07) is 8.64. The van der Waals surface area contributed by atoms with Gasteiger partial charge >= 0.3 is 0 Å². The van der Waals surface area contributed by atoms with Gasteiger partial charge in [-0.1, -0.05) is 32.9 Å². The van der Waals surface area contributed by atoms with E-state index in [0.717, 1.165) is 16.8 Å². The molecular weight excluding hydrogens is 324 g/mol. The first-order chi connectivity index (χ1) is 11.0. The van der Waals surface area contributed by atoms with Crippen molar-refractivity contribution in [2.45, 2.75) is 51.5 Å². The van der Waals surface area contributed by atoms with Crippen molar-refractivity contribution in [1.29, 1.82) is 0 Å². The lowest BCUT2D eigenvalue weighted by atomic mass is 9.87. The highest BCUT2D eigenvalue weighted by molar-refractivity contribution is 7.89. The molecule has 0 atom stereocenters. The maximum absolute atomic E-state index is 12.4. The highest BCUT2D eigenvalue weighted by Gasteiger charge is 2.18. The van der Waals surface area contributed by atoms with Crippen molar-refractivity contribution in [2.24, 2.45) is 0 Å². The Labute approximate surface area is 143 Å². The van der Waals surface area contributed by atoms with Crippen molar-refractivity contribution in [3.05, 3.63) is 63.1 Å². The number of sulfonamides is 1. The first kappa shape index (κ1) is 18.4. The topological polar surface area (TPSA) is 79.0 Å². The van der Waals surface area contributed by atoms with E-state index in [0.29, 0.717) is 5.56 Å². The molecule has 0 aliphatic heterocycles. The second-order valence-electron chi connectivity index (χ2n) is 7.04. The summed E-state index contributed by atoms with van der Waals surface area (Å²) in [5, 5.41) is 0. The monoisotopic (exact) mass is 348 g/mol. The van der Waals surface area contributed by atoms with Gasteiger partial charge in [0.15, 0.2) is 0 Å². The number of aromatic nitrogens is 1. The van der Waals surface area contributed by atoms with Gasteiger partial charge in [-0.25, -0.2) is 13.1 Å². The Morgan fingerprint density at radius 2 is 1.67 bits per heavy atom. The Morgan fingerprint density at radius 3 is 2.17 bits per heavy atom. The molecule has 0 bridgehead atoms. The van der Waals surface area contributed by atoms with Crippen LogP contribution in [0.15, 0.2) is 40.0 Å². The maximum Gasteiger partial charge on any atom is 0.252 e. The lowest BCUT2D eigenvalue weighted by Crippen LogP contribution is -2.28. The molecule has 1 aromatic carbocycles. The van der Waals surface area contributed by atoms with E-state index in [1.807, 2.05) is 18.2 Å². The van der Waals surface area contributed by atoms with E-state index in [9.17, 15) is 13.2 Å². The number of benzene rings is 1. The Morgan fingerprint density at radius 1 is 1.08 bits per heavy atom. The Bertz CT molecular complexity index is 889. The van der Waals surface area contributed by atoms with Crippen LogP contribution in [0.5, 0.6) is 0 Å². The standard InChI is InChI=1S/C18H24N2O3S/c1-12-10-13(2)20-17(21)16(12)11-19-24(22,23)15-8-6-14(7-9-15)18(3,4)5/h6-10,19H,11H2,1-5H3,(H,20,21). The van der Waals surface area contributed by atoms with Crippen molar-refractivity contribution < 1.29 is 8.42 Å². The summed E-state index contributed by atoms with van der Waals surface area (Å²) in [7, 11) is -3.67. The molecule has 0 spiro atoms. The molecule has 0 fully saturated rings. The lowest BCUT2D eigenvalue weighted by Gasteiger charge is -2.19. The van der Waals surface area contributed by atoms with Crippen LogP contribution in [0.2, 0.25) is 0 Å². The largest absolute Gasteiger partial charge is 0.326 e. The number of aryl methyl sites for hydroxylation is 2. The second-order valence-corrected chi connectivity index (χ2v) is 8.81. The minimum Gasteiger partial charge on any atom is -0.326 e. The van der Waals surface area contributed by atoms with Crippen LogP contribution >= 0.6 is 0 Å². The van der Waals surface area contributed by atoms with Gasteiger partial charge in [0.05, 0.1) is 4.90 Å². The van der Waals surface area contributed by atoms with Gasteiger partial charge in [0, 0.05) is 17.8 Å². The first-order valence-electron chi connectivity index (χ1n) is 7.80. The molecule has 0 aliphatic rings. The van der Waals surface area contributed by atoms with Crippen LogP contribution in [-0.4, -0.2) is 13.4 Å². The smallest absolute Gasteiger partial charge is 0.252 e. The third-order valence-electron chi connectivity index (χ3n) is 3.96. The van der Waals surface area contributed by atoms with Gasteiger partial charge in [0.2, 0.25) is 10.0 Å². The summed E-state index contributed by atoms with van der Waals surface area (Å²) in [4.78, 5) is 14.9. The van der Waals surface area contributed by atoms with Gasteiger partial charge in [-0.3, -0.25) is 4.79 Å². The minimum atomic E-state index is -3.67. The van der Waals surface area contributed by atoms with Crippen molar-refractivity contribution in [1.82, 2.24) is 9.71 Å². The molecule has 2 rings (SSSR count). The average Bonchev–Trinajstić information content (AvgIpc) is 2.45. The molecule has 5 nitrogen and oxygen atoms in total. The lowest BCUT2D eigenvalue weighted by molar-refractivity contribution is 0.578. The summed E-state index contributed by atoms with van der Waals surface area (Å²) in [5.41, 5.74) is 2.70. The summed E-state index contributed by atoms with van der Waals surface area (Å²) in [5.74, 6) is 0. The molecule has 0 aliphatic carbocycles. The highest BCUT2D eigenvalue weighted by atomic mass is 32.2. The number of H-pyrrole nitrogens is 1. The van der Waals surface area contributed by atoms with E-state index in [4.69, 9.17) is 0 Å². The van der Waals surface area contributed by atoms with Crippen molar-refractivity contribution in [3.8, 4) is 0 Å². The number of nitrogens with one attached hydrogen (secondary N) is 2. The molecule has 130 valence electrons. The molecule has 0 saturated carbocycles. The number of hydrogen-bond donors (Lipinski definition) is 2. The van der Waals surface area contributed by atoms with Crippen LogP contribution in [0.25, 0.3) is 0 Å². The molecule has 0 unspecified atom stereocenters. The number of aromatic amines is 1. The number of hydrogen-bond acceptors (Lipinski definition) is 3. The SMILES string of the molecule is Cc1cc(C)c(CNS(=O)(=O)c2ccc(C(C)(C)C)cc2)c(=O)[nH]1. The van der Waals surface area contributed by atoms with Gasteiger partial charge in [-0.15, -0.1) is 0 Å². The fraction of sp³-hybridized carbons (Fsp3) is 0.389. The van der Waals surface area contributed by atoms with Gasteiger partial charge in [0.1, 0.15) is 0 Å². The summed E-state index contributed by atoms with van der Waals surface area (Å²) < 4.78 is 27.4. The average molecular weight is 348 g/mol. The zero-order valence-corrected chi connectivity index (χ0v) is 15.5. The molecule has 2 N–H and O–H groups in total. The van der Waals surface area contributed by atoms with Crippen LogP contribution in [0.1, 0.15) is 43.2 Å². The van der Waals surface area contributed by atoms with Crippen LogP contribution < -0.4 is 10.3 Å². The van der Waals surface area contributed by atoms with E-state index in [-0.39, 0.29) is 22.4 Å². The normalized spacial score (nSPS) is 12.4. The molecule has 6 heteroatoms. The Kier molecular flexibility index (Phi) is 5.01. The fourth-order valence-corrected chi connectivity index (χ4v) is 3.48. The quantitative estimate of drug-likeness (QED) is 0.892. The molecule has 0 amide bonds. The Balaban J connectivity index is 2.22.